The zero-order valence-electron chi connectivity index (χ0n) is 75.6. The second-order valence-corrected chi connectivity index (χ2v) is 31.0. The van der Waals surface area contributed by atoms with E-state index < -0.39 is 126 Å². The molecule has 3 rings (SSSR count). The molecular formula is C86H151N9O27. The second-order valence-electron chi connectivity index (χ2n) is 31.0. The second kappa shape index (κ2) is 67.2. The Morgan fingerprint density at radius 2 is 0.672 bits per heavy atom. The standard InChI is InChI=1S/C62H107N7O18.C21H36N2O8.C2H6.CH2O/c1-11-62(37-41(2)23-15-14-20-30-63,39-80-35-28-55(78)66-33-21-31-64-53(76)26-18-12-16-24-50-57(68-44(5)70)59(84-47(8)73)42(3)43(4)83-50)40-81-36-29-56(79)67-34-22-32-65-54(77)27-19-13-17-25-51-58(69-45(6)71)61(86-49(10)75)60(85-48(9)74)52(87-51)38-82-46(7)72;1-13(24)23-19-17(10-8-6-5-7-9-11-22)31-18(12-28-14(2)25)20(29-15(3)26)21(19)30-16(4)27;2*1-2/h42-43,50-52,57-61H,2,11-40,63H2,1,3-10H3,(H,64,76)(H,65,77)(H,66,78)(H,67,79)(H,68,70)(H,69,71);17-21H,5-12,22H2,1-4H3,(H,23,24);1-2H3;1H2/t42-,43+,50?,51?,52+,57-,58-,59-,60-,61+,62?;17?,18-,19+,20+,21-;;/m01../s1. The lowest BCUT2D eigenvalue weighted by Gasteiger charge is -2.45. The summed E-state index contributed by atoms with van der Waals surface area (Å²) in [5, 5.41) is 20.1. The third-order valence-corrected chi connectivity index (χ3v) is 20.4. The number of hydrogen-bond acceptors (Lipinski definition) is 29. The van der Waals surface area contributed by atoms with Gasteiger partial charge in [0.25, 0.3) is 0 Å². The van der Waals surface area contributed by atoms with E-state index in [4.69, 9.17) is 73.1 Å². The van der Waals surface area contributed by atoms with Crippen molar-refractivity contribution < 1.29 is 129 Å². The summed E-state index contributed by atoms with van der Waals surface area (Å²) in [7, 11) is 0. The van der Waals surface area contributed by atoms with E-state index in [2.05, 4.69) is 50.7 Å². The van der Waals surface area contributed by atoms with Gasteiger partial charge in [-0.1, -0.05) is 97.6 Å². The minimum Gasteiger partial charge on any atom is -0.463 e. The number of unbranched alkanes of at least 4 members (excludes halogenated alkanes) is 10. The SMILES string of the molecule is C=C(CCCCCN)CC(CC)(COCCC(=O)NCCCNC(=O)CCCCCC1O[C@H](C)[C@H](C)[C@H](OC(C)=O)[C@H]1NC(C)=O)COCCC(=O)NCCCNC(=O)CCCCCC1O[C@H](COC(C)=O)[C@H](OC(C)=O)[C@H](OC(C)=O)[C@H]1NC(C)=O.C=O.CC.CC(=O)N[C@H]1C(CCCCCCCN)O[C@H](COC(C)=O)[C@H](OC(C)=O)[C@@H]1OC(C)=O. The summed E-state index contributed by atoms with van der Waals surface area (Å²) in [6.45, 7) is 32.5. The number of carbonyl (C=O) groups excluding carboxylic acids is 15. The van der Waals surface area contributed by atoms with Gasteiger partial charge in [-0.3, -0.25) is 67.1 Å². The van der Waals surface area contributed by atoms with E-state index in [9.17, 15) is 67.1 Å². The van der Waals surface area contributed by atoms with Crippen molar-refractivity contribution in [1.82, 2.24) is 37.2 Å². The zero-order valence-corrected chi connectivity index (χ0v) is 75.6. The molecule has 122 heavy (non-hydrogen) atoms. The molecule has 0 saturated carbocycles. The first-order valence-electron chi connectivity index (χ1n) is 43.5. The van der Waals surface area contributed by atoms with Crippen molar-refractivity contribution in [3.8, 4) is 0 Å². The zero-order chi connectivity index (χ0) is 92.1. The minimum absolute atomic E-state index is 0.0678. The first kappa shape index (κ1) is 114. The maximum atomic E-state index is 12.8. The molecule has 0 bridgehead atoms. The van der Waals surface area contributed by atoms with Crippen LogP contribution in [0.2, 0.25) is 0 Å². The molecule has 0 aromatic rings. The van der Waals surface area contributed by atoms with Crippen molar-refractivity contribution in [1.29, 1.82) is 0 Å². The van der Waals surface area contributed by atoms with E-state index in [-0.39, 0.29) is 99.3 Å². The summed E-state index contributed by atoms with van der Waals surface area (Å²) < 4.78 is 68.6. The molecule has 16 atom stereocenters. The van der Waals surface area contributed by atoms with Crippen molar-refractivity contribution in [2.75, 3.05) is 78.9 Å². The number of nitrogens with two attached hydrogens (primary N) is 2. The number of amides is 7. The molecule has 0 aliphatic carbocycles. The van der Waals surface area contributed by atoms with Gasteiger partial charge in [0.05, 0.1) is 69.0 Å². The summed E-state index contributed by atoms with van der Waals surface area (Å²) in [6, 6.07) is -2.05. The summed E-state index contributed by atoms with van der Waals surface area (Å²) in [5.74, 6) is -5.70. The van der Waals surface area contributed by atoms with E-state index in [0.717, 1.165) is 82.6 Å². The van der Waals surface area contributed by atoms with Crippen LogP contribution in [0.3, 0.4) is 0 Å². The summed E-state index contributed by atoms with van der Waals surface area (Å²) in [4.78, 5) is 177. The lowest BCUT2D eigenvalue weighted by atomic mass is 9.79. The number of rotatable bonds is 57. The van der Waals surface area contributed by atoms with Gasteiger partial charge < -0.3 is 110 Å². The number of allylic oxidation sites excluding steroid dienone is 1. The molecule has 7 amide bonds. The Labute approximate surface area is 722 Å². The van der Waals surface area contributed by atoms with E-state index >= 15 is 0 Å². The van der Waals surface area contributed by atoms with Crippen LogP contribution in [0.1, 0.15) is 271 Å². The van der Waals surface area contributed by atoms with Crippen LogP contribution >= 0.6 is 0 Å². The van der Waals surface area contributed by atoms with Crippen molar-refractivity contribution in [3.63, 3.8) is 0 Å². The van der Waals surface area contributed by atoms with Crippen molar-refractivity contribution in [2.24, 2.45) is 22.8 Å². The monoisotopic (exact) mass is 1740 g/mol. The van der Waals surface area contributed by atoms with Crippen LogP contribution < -0.4 is 48.7 Å². The Morgan fingerprint density at radius 1 is 0.369 bits per heavy atom. The van der Waals surface area contributed by atoms with Gasteiger partial charge in [-0.25, -0.2) is 0 Å². The molecule has 3 fully saturated rings. The smallest absolute Gasteiger partial charge is 0.303 e. The Morgan fingerprint density at radius 3 is 1.02 bits per heavy atom. The normalized spacial score (nSPS) is 22.4. The fourth-order valence-corrected chi connectivity index (χ4v) is 14.4. The predicted molar refractivity (Wildman–Crippen MR) is 452 cm³/mol. The fourth-order valence-electron chi connectivity index (χ4n) is 14.4. The third-order valence-electron chi connectivity index (χ3n) is 20.4. The number of carbonyl (C=O) groups is 15. The summed E-state index contributed by atoms with van der Waals surface area (Å²) in [6.07, 6.45) is 9.19. The molecule has 3 saturated heterocycles. The highest BCUT2D eigenvalue weighted by atomic mass is 16.6. The molecule has 36 nitrogen and oxygen atoms in total. The molecule has 0 aromatic carbocycles. The van der Waals surface area contributed by atoms with Gasteiger partial charge >= 0.3 is 41.8 Å². The average Bonchev–Trinajstić information content (AvgIpc) is 0.797. The quantitative estimate of drug-likeness (QED) is 0.0142. The van der Waals surface area contributed by atoms with Gasteiger partial charge in [-0.15, -0.1) is 0 Å². The van der Waals surface area contributed by atoms with Crippen LogP contribution in [0, 0.1) is 11.3 Å². The molecule has 36 heteroatoms. The minimum atomic E-state index is -1.16. The number of hydrogen-bond donors (Lipinski definition) is 9. The van der Waals surface area contributed by atoms with Crippen molar-refractivity contribution in [3.05, 3.63) is 12.2 Å². The molecule has 0 radical (unpaired) electrons. The third kappa shape index (κ3) is 51.1. The van der Waals surface area contributed by atoms with E-state index in [1.807, 2.05) is 34.5 Å². The largest absolute Gasteiger partial charge is 0.463 e. The van der Waals surface area contributed by atoms with Crippen LogP contribution in [0.4, 0.5) is 0 Å². The highest BCUT2D eigenvalue weighted by molar-refractivity contribution is 5.78. The topological polar surface area (TPSA) is 503 Å². The molecule has 0 aromatic heterocycles. The maximum absolute atomic E-state index is 12.8. The molecule has 3 aliphatic rings. The molecule has 3 heterocycles. The van der Waals surface area contributed by atoms with Gasteiger partial charge in [0.2, 0.25) is 41.4 Å². The summed E-state index contributed by atoms with van der Waals surface area (Å²) in [5.41, 5.74) is 11.9. The highest BCUT2D eigenvalue weighted by Crippen LogP contribution is 2.36. The molecule has 11 N–H and O–H groups in total. The van der Waals surface area contributed by atoms with Crippen molar-refractivity contribution in [2.45, 2.75) is 356 Å². The Bertz CT molecular complexity index is 3120. The van der Waals surface area contributed by atoms with Crippen LogP contribution in [0.5, 0.6) is 0 Å². The lowest BCUT2D eigenvalue weighted by Crippen LogP contribution is -2.66. The lowest BCUT2D eigenvalue weighted by molar-refractivity contribution is -0.224. The molecule has 4 unspecified atom stereocenters. The number of ether oxygens (including phenoxy) is 12. The highest BCUT2D eigenvalue weighted by Gasteiger charge is 2.52. The Hall–Kier alpha value is -8.29. The predicted octanol–water partition coefficient (Wildman–Crippen LogP) is 6.19. The van der Waals surface area contributed by atoms with E-state index in [1.165, 1.54) is 69.2 Å². The van der Waals surface area contributed by atoms with E-state index in [0.29, 0.717) is 123 Å². The molecule has 702 valence electrons. The number of nitrogens with one attached hydrogen (secondary N) is 7. The van der Waals surface area contributed by atoms with Gasteiger partial charge in [-0.2, -0.15) is 0 Å². The fraction of sp³-hybridized carbons (Fsp3) is 0.802. The van der Waals surface area contributed by atoms with Gasteiger partial charge in [0.1, 0.15) is 38.3 Å². The Kier molecular flexibility index (Phi) is 62.6. The van der Waals surface area contributed by atoms with Crippen LogP contribution in [0.25, 0.3) is 0 Å². The van der Waals surface area contributed by atoms with Crippen LogP contribution in [-0.2, 0) is 129 Å². The average molecular weight is 1740 g/mol. The number of esters is 7. The summed E-state index contributed by atoms with van der Waals surface area (Å²) >= 11 is 0. The van der Waals surface area contributed by atoms with Crippen LogP contribution in [0.15, 0.2) is 12.2 Å². The van der Waals surface area contributed by atoms with Crippen molar-refractivity contribution >= 4 is 89.9 Å². The van der Waals surface area contributed by atoms with Crippen LogP contribution in [-0.4, -0.2) is 254 Å². The Balaban J connectivity index is 0.00000347. The van der Waals surface area contributed by atoms with Gasteiger partial charge in [0, 0.05) is 132 Å². The van der Waals surface area contributed by atoms with Gasteiger partial charge in [-0.05, 0) is 103 Å². The maximum Gasteiger partial charge on any atom is 0.303 e. The van der Waals surface area contributed by atoms with Gasteiger partial charge in [0.15, 0.2) is 24.4 Å². The first-order valence-corrected chi connectivity index (χ1v) is 43.5. The molecule has 0 spiro atoms. The first-order chi connectivity index (χ1) is 58.0. The molecule has 3 aliphatic heterocycles. The van der Waals surface area contributed by atoms with E-state index in [1.54, 1.807) is 0 Å². The molecular weight excluding hydrogens is 1590 g/mol.